The molecule has 0 saturated carbocycles. The Balaban J connectivity index is 1.45. The summed E-state index contributed by atoms with van der Waals surface area (Å²) in [4.78, 5) is 22.9. The van der Waals surface area contributed by atoms with Crippen LogP contribution in [0.4, 0.5) is 0 Å². The maximum absolute atomic E-state index is 12.3. The van der Waals surface area contributed by atoms with Gasteiger partial charge in [0.2, 0.25) is 5.91 Å². The van der Waals surface area contributed by atoms with Crippen LogP contribution in [0.2, 0.25) is 0 Å². The SMILES string of the molecule is CC(C(=O)NC1CCN(Cc2ccccn2)CC1)n1cncn1. The van der Waals surface area contributed by atoms with Crippen molar-refractivity contribution >= 4 is 5.91 Å². The van der Waals surface area contributed by atoms with Gasteiger partial charge in [-0.1, -0.05) is 6.07 Å². The molecule has 0 aliphatic carbocycles. The molecular weight excluding hydrogens is 292 g/mol. The molecule has 1 amide bonds. The van der Waals surface area contributed by atoms with E-state index < -0.39 is 0 Å². The van der Waals surface area contributed by atoms with Crippen LogP contribution in [0.3, 0.4) is 0 Å². The summed E-state index contributed by atoms with van der Waals surface area (Å²) in [7, 11) is 0. The first kappa shape index (κ1) is 15.6. The maximum Gasteiger partial charge on any atom is 0.244 e. The Labute approximate surface area is 135 Å². The van der Waals surface area contributed by atoms with Crippen LogP contribution in [0.5, 0.6) is 0 Å². The van der Waals surface area contributed by atoms with E-state index in [9.17, 15) is 4.79 Å². The molecule has 122 valence electrons. The smallest absolute Gasteiger partial charge is 0.244 e. The number of piperidine rings is 1. The minimum atomic E-state index is -0.330. The molecule has 1 fully saturated rings. The molecule has 1 aliphatic rings. The zero-order valence-electron chi connectivity index (χ0n) is 13.3. The first-order valence-corrected chi connectivity index (χ1v) is 7.99. The van der Waals surface area contributed by atoms with Gasteiger partial charge in [-0.15, -0.1) is 0 Å². The van der Waals surface area contributed by atoms with Crippen LogP contribution in [0.1, 0.15) is 31.5 Å². The van der Waals surface area contributed by atoms with Gasteiger partial charge in [-0.05, 0) is 31.9 Å². The molecule has 1 atom stereocenters. The Hall–Kier alpha value is -2.28. The Morgan fingerprint density at radius 1 is 1.39 bits per heavy atom. The average Bonchev–Trinajstić information content (AvgIpc) is 3.11. The first-order chi connectivity index (χ1) is 11.2. The highest BCUT2D eigenvalue weighted by Crippen LogP contribution is 2.14. The minimum Gasteiger partial charge on any atom is -0.351 e. The second kappa shape index (κ2) is 7.32. The lowest BCUT2D eigenvalue weighted by Gasteiger charge is -2.32. The van der Waals surface area contributed by atoms with E-state index in [-0.39, 0.29) is 18.0 Å². The summed E-state index contributed by atoms with van der Waals surface area (Å²) in [6, 6.07) is 5.90. The number of hydrogen-bond donors (Lipinski definition) is 1. The predicted octanol–water partition coefficient (Wildman–Crippen LogP) is 1.01. The highest BCUT2D eigenvalue weighted by Gasteiger charge is 2.23. The van der Waals surface area contributed by atoms with E-state index in [1.54, 1.807) is 11.0 Å². The van der Waals surface area contributed by atoms with Gasteiger partial charge in [-0.3, -0.25) is 14.7 Å². The van der Waals surface area contributed by atoms with Gasteiger partial charge in [-0.25, -0.2) is 9.67 Å². The number of rotatable bonds is 5. The summed E-state index contributed by atoms with van der Waals surface area (Å²) in [5, 5.41) is 7.14. The predicted molar refractivity (Wildman–Crippen MR) is 85.4 cm³/mol. The summed E-state index contributed by atoms with van der Waals surface area (Å²) < 4.78 is 1.57. The number of carbonyl (C=O) groups excluding carboxylic acids is 1. The molecule has 0 bridgehead atoms. The topological polar surface area (TPSA) is 75.9 Å². The molecule has 0 radical (unpaired) electrons. The molecule has 1 saturated heterocycles. The van der Waals surface area contributed by atoms with E-state index in [1.807, 2.05) is 31.3 Å². The van der Waals surface area contributed by atoms with Crippen molar-refractivity contribution in [2.24, 2.45) is 0 Å². The molecule has 1 aliphatic heterocycles. The monoisotopic (exact) mass is 314 g/mol. The Bertz CT molecular complexity index is 607. The van der Waals surface area contributed by atoms with Gasteiger partial charge in [0.15, 0.2) is 0 Å². The van der Waals surface area contributed by atoms with E-state index in [2.05, 4.69) is 25.3 Å². The van der Waals surface area contributed by atoms with E-state index in [0.717, 1.165) is 38.2 Å². The van der Waals surface area contributed by atoms with Crippen molar-refractivity contribution in [1.82, 2.24) is 30.0 Å². The normalized spacial score (nSPS) is 17.8. The number of nitrogens with zero attached hydrogens (tertiary/aromatic N) is 5. The minimum absolute atomic E-state index is 0.00123. The second-order valence-electron chi connectivity index (χ2n) is 5.93. The Kier molecular flexibility index (Phi) is 4.97. The lowest BCUT2D eigenvalue weighted by atomic mass is 10.0. The lowest BCUT2D eigenvalue weighted by Crippen LogP contribution is -2.46. The standard InChI is InChI=1S/C16H22N6O/c1-13(22-12-17-11-19-22)16(23)20-14-5-8-21(9-6-14)10-15-4-2-3-7-18-15/h2-4,7,11-14H,5-6,8-10H2,1H3,(H,20,23). The van der Waals surface area contributed by atoms with E-state index in [1.165, 1.54) is 6.33 Å². The van der Waals surface area contributed by atoms with Gasteiger partial charge in [0, 0.05) is 31.9 Å². The molecule has 3 heterocycles. The number of hydrogen-bond acceptors (Lipinski definition) is 5. The second-order valence-corrected chi connectivity index (χ2v) is 5.93. The molecule has 0 aromatic carbocycles. The van der Waals surface area contributed by atoms with Crippen LogP contribution in [-0.4, -0.2) is 49.7 Å². The highest BCUT2D eigenvalue weighted by molar-refractivity contribution is 5.80. The molecule has 2 aromatic rings. The Morgan fingerprint density at radius 2 is 2.22 bits per heavy atom. The van der Waals surface area contributed by atoms with Gasteiger partial charge in [0.25, 0.3) is 0 Å². The fourth-order valence-corrected chi connectivity index (χ4v) is 2.82. The van der Waals surface area contributed by atoms with Crippen molar-refractivity contribution in [3.63, 3.8) is 0 Å². The average molecular weight is 314 g/mol. The number of likely N-dealkylation sites (tertiary alicyclic amines) is 1. The molecule has 23 heavy (non-hydrogen) atoms. The van der Waals surface area contributed by atoms with Crippen molar-refractivity contribution < 1.29 is 4.79 Å². The fourth-order valence-electron chi connectivity index (χ4n) is 2.82. The lowest BCUT2D eigenvalue weighted by molar-refractivity contribution is -0.125. The first-order valence-electron chi connectivity index (χ1n) is 7.99. The van der Waals surface area contributed by atoms with Crippen LogP contribution in [0.15, 0.2) is 37.1 Å². The number of amides is 1. The van der Waals surface area contributed by atoms with E-state index in [4.69, 9.17) is 0 Å². The summed E-state index contributed by atoms with van der Waals surface area (Å²) in [6.07, 6.45) is 6.76. The summed E-state index contributed by atoms with van der Waals surface area (Å²) in [5.41, 5.74) is 1.09. The van der Waals surface area contributed by atoms with Crippen LogP contribution in [-0.2, 0) is 11.3 Å². The molecule has 3 rings (SSSR count). The fraction of sp³-hybridized carbons (Fsp3) is 0.500. The van der Waals surface area contributed by atoms with Gasteiger partial charge in [-0.2, -0.15) is 5.10 Å². The van der Waals surface area contributed by atoms with Gasteiger partial charge in [0.1, 0.15) is 18.7 Å². The van der Waals surface area contributed by atoms with Crippen molar-refractivity contribution in [3.8, 4) is 0 Å². The van der Waals surface area contributed by atoms with E-state index >= 15 is 0 Å². The van der Waals surface area contributed by atoms with Gasteiger partial charge < -0.3 is 5.32 Å². The van der Waals surface area contributed by atoms with Crippen LogP contribution in [0.25, 0.3) is 0 Å². The Morgan fingerprint density at radius 3 is 2.87 bits per heavy atom. The van der Waals surface area contributed by atoms with Crippen molar-refractivity contribution in [1.29, 1.82) is 0 Å². The van der Waals surface area contributed by atoms with Crippen molar-refractivity contribution in [3.05, 3.63) is 42.7 Å². The molecule has 0 spiro atoms. The summed E-state index contributed by atoms with van der Waals surface area (Å²) in [6.45, 7) is 4.65. The van der Waals surface area contributed by atoms with Crippen molar-refractivity contribution in [2.75, 3.05) is 13.1 Å². The maximum atomic E-state index is 12.3. The van der Waals surface area contributed by atoms with Gasteiger partial charge >= 0.3 is 0 Å². The molecule has 7 nitrogen and oxygen atoms in total. The largest absolute Gasteiger partial charge is 0.351 e. The molecule has 1 N–H and O–H groups in total. The number of aromatic nitrogens is 4. The van der Waals surface area contributed by atoms with E-state index in [0.29, 0.717) is 0 Å². The summed E-state index contributed by atoms with van der Waals surface area (Å²) in [5.74, 6) is -0.00123. The number of carbonyl (C=O) groups is 1. The quantitative estimate of drug-likeness (QED) is 0.891. The molecule has 2 aromatic heterocycles. The van der Waals surface area contributed by atoms with Gasteiger partial charge in [0.05, 0.1) is 5.69 Å². The summed E-state index contributed by atoms with van der Waals surface area (Å²) >= 11 is 0. The zero-order valence-corrected chi connectivity index (χ0v) is 13.3. The third-order valence-electron chi connectivity index (χ3n) is 4.26. The highest BCUT2D eigenvalue weighted by atomic mass is 16.2. The number of nitrogens with one attached hydrogen (secondary N) is 1. The van der Waals surface area contributed by atoms with Crippen molar-refractivity contribution in [2.45, 2.75) is 38.4 Å². The van der Waals surface area contributed by atoms with Crippen LogP contribution < -0.4 is 5.32 Å². The third-order valence-corrected chi connectivity index (χ3v) is 4.26. The molecule has 7 heteroatoms. The van der Waals surface area contributed by atoms with Crippen LogP contribution in [0, 0.1) is 0 Å². The number of pyridine rings is 1. The molecular formula is C16H22N6O. The molecule has 1 unspecified atom stereocenters. The third kappa shape index (κ3) is 4.13. The van der Waals surface area contributed by atoms with Crippen LogP contribution >= 0.6 is 0 Å². The zero-order chi connectivity index (χ0) is 16.1.